The molecule has 3 aromatic rings. The lowest BCUT2D eigenvalue weighted by atomic mass is 10.2. The van der Waals surface area contributed by atoms with E-state index in [-0.39, 0.29) is 11.6 Å². The summed E-state index contributed by atoms with van der Waals surface area (Å²) in [6.07, 6.45) is 7.01. The number of aromatic nitrogens is 3. The van der Waals surface area contributed by atoms with E-state index in [9.17, 15) is 5.11 Å². The molecular formula is C15H11N3O2. The van der Waals surface area contributed by atoms with Crippen LogP contribution < -0.4 is 0 Å². The van der Waals surface area contributed by atoms with Gasteiger partial charge < -0.3 is 9.63 Å². The maximum Gasteiger partial charge on any atom is 0.261 e. The van der Waals surface area contributed by atoms with Gasteiger partial charge in [-0.2, -0.15) is 4.98 Å². The van der Waals surface area contributed by atoms with E-state index in [1.807, 2.05) is 18.2 Å². The van der Waals surface area contributed by atoms with Crippen LogP contribution in [0.4, 0.5) is 0 Å². The van der Waals surface area contributed by atoms with Gasteiger partial charge in [0.1, 0.15) is 5.75 Å². The van der Waals surface area contributed by atoms with Gasteiger partial charge in [-0.05, 0) is 35.9 Å². The Morgan fingerprint density at radius 1 is 1.05 bits per heavy atom. The molecule has 0 bridgehead atoms. The van der Waals surface area contributed by atoms with Crippen LogP contribution in [0.25, 0.3) is 23.6 Å². The van der Waals surface area contributed by atoms with Crippen LogP contribution in [0.2, 0.25) is 0 Å². The Hall–Kier alpha value is -2.95. The highest BCUT2D eigenvalue weighted by Crippen LogP contribution is 2.27. The van der Waals surface area contributed by atoms with Gasteiger partial charge in [-0.25, -0.2) is 0 Å². The molecule has 0 unspecified atom stereocenters. The predicted molar refractivity (Wildman–Crippen MR) is 74.6 cm³/mol. The highest BCUT2D eigenvalue weighted by atomic mass is 16.5. The molecule has 0 fully saturated rings. The highest BCUT2D eigenvalue weighted by Gasteiger charge is 2.10. The Morgan fingerprint density at radius 3 is 2.75 bits per heavy atom. The first-order valence-electron chi connectivity index (χ1n) is 6.03. The number of nitrogens with zero attached hydrogens (tertiary/aromatic N) is 3. The van der Waals surface area contributed by atoms with Crippen molar-refractivity contribution in [2.45, 2.75) is 0 Å². The first kappa shape index (κ1) is 12.1. The number of hydrogen-bond donors (Lipinski definition) is 1. The molecule has 0 atom stereocenters. The minimum Gasteiger partial charge on any atom is -0.507 e. The molecule has 0 saturated carbocycles. The van der Waals surface area contributed by atoms with Gasteiger partial charge in [-0.1, -0.05) is 23.4 Å². The molecule has 2 aromatic heterocycles. The van der Waals surface area contributed by atoms with Gasteiger partial charge >= 0.3 is 0 Å². The second-order valence-corrected chi connectivity index (χ2v) is 4.09. The number of benzene rings is 1. The Morgan fingerprint density at radius 2 is 1.95 bits per heavy atom. The van der Waals surface area contributed by atoms with E-state index in [2.05, 4.69) is 15.1 Å². The SMILES string of the molecule is Oc1ccccc1-c1nc(C=Cc2cccnc2)no1. The van der Waals surface area contributed by atoms with Gasteiger partial charge in [0.25, 0.3) is 5.89 Å². The molecular weight excluding hydrogens is 254 g/mol. The fourth-order valence-corrected chi connectivity index (χ4v) is 1.71. The molecule has 0 aliphatic rings. The van der Waals surface area contributed by atoms with Crippen molar-refractivity contribution in [2.75, 3.05) is 0 Å². The highest BCUT2D eigenvalue weighted by molar-refractivity contribution is 5.67. The second-order valence-electron chi connectivity index (χ2n) is 4.09. The molecule has 0 radical (unpaired) electrons. The number of phenolic OH excluding ortho intramolecular Hbond substituents is 1. The quantitative estimate of drug-likeness (QED) is 0.788. The summed E-state index contributed by atoms with van der Waals surface area (Å²) in [4.78, 5) is 8.22. The Kier molecular flexibility index (Phi) is 3.24. The average Bonchev–Trinajstić information content (AvgIpc) is 2.95. The molecule has 0 amide bonds. The molecule has 98 valence electrons. The summed E-state index contributed by atoms with van der Waals surface area (Å²) in [7, 11) is 0. The fourth-order valence-electron chi connectivity index (χ4n) is 1.71. The van der Waals surface area contributed by atoms with Gasteiger partial charge in [0.15, 0.2) is 5.82 Å². The Balaban J connectivity index is 1.85. The Bertz CT molecular complexity index is 736. The van der Waals surface area contributed by atoms with Crippen LogP contribution in [0.3, 0.4) is 0 Å². The molecule has 2 heterocycles. The summed E-state index contributed by atoms with van der Waals surface area (Å²) in [5, 5.41) is 13.6. The van der Waals surface area contributed by atoms with Gasteiger partial charge in [0, 0.05) is 12.4 Å². The lowest BCUT2D eigenvalue weighted by molar-refractivity contribution is 0.423. The van der Waals surface area contributed by atoms with Gasteiger partial charge in [0.2, 0.25) is 0 Å². The molecule has 1 aromatic carbocycles. The first-order chi connectivity index (χ1) is 9.83. The monoisotopic (exact) mass is 265 g/mol. The zero-order valence-electron chi connectivity index (χ0n) is 10.5. The summed E-state index contributed by atoms with van der Waals surface area (Å²) < 4.78 is 5.13. The Labute approximate surface area is 115 Å². The van der Waals surface area contributed by atoms with Crippen LogP contribution in [0, 0.1) is 0 Å². The molecule has 20 heavy (non-hydrogen) atoms. The van der Waals surface area contributed by atoms with Crippen LogP contribution in [-0.2, 0) is 0 Å². The molecule has 0 aliphatic carbocycles. The summed E-state index contributed by atoms with van der Waals surface area (Å²) in [5.74, 6) is 0.833. The molecule has 0 aliphatic heterocycles. The minimum absolute atomic E-state index is 0.110. The van der Waals surface area contributed by atoms with Crippen molar-refractivity contribution in [2.24, 2.45) is 0 Å². The van der Waals surface area contributed by atoms with E-state index < -0.39 is 0 Å². The standard InChI is InChI=1S/C15H11N3O2/c19-13-6-2-1-5-12(13)15-17-14(18-20-15)8-7-11-4-3-9-16-10-11/h1-10,19H. The number of phenols is 1. The molecule has 0 saturated heterocycles. The largest absolute Gasteiger partial charge is 0.507 e. The second kappa shape index (κ2) is 5.36. The minimum atomic E-state index is 0.110. The number of aromatic hydroxyl groups is 1. The number of pyridine rings is 1. The molecule has 0 spiro atoms. The van der Waals surface area contributed by atoms with Crippen molar-refractivity contribution in [3.8, 4) is 17.2 Å². The molecule has 5 heteroatoms. The van der Waals surface area contributed by atoms with Crippen LogP contribution in [0.5, 0.6) is 5.75 Å². The predicted octanol–water partition coefficient (Wildman–Crippen LogP) is 3.01. The maximum absolute atomic E-state index is 9.73. The van der Waals surface area contributed by atoms with Crippen LogP contribution in [0.15, 0.2) is 53.3 Å². The summed E-state index contributed by atoms with van der Waals surface area (Å²) in [6, 6.07) is 10.6. The van der Waals surface area contributed by atoms with Gasteiger partial charge in [-0.15, -0.1) is 0 Å². The zero-order chi connectivity index (χ0) is 13.8. The molecule has 5 nitrogen and oxygen atoms in total. The molecule has 3 rings (SSSR count). The van der Waals surface area contributed by atoms with E-state index in [1.165, 1.54) is 0 Å². The lowest BCUT2D eigenvalue weighted by Gasteiger charge is -1.96. The third-order valence-electron chi connectivity index (χ3n) is 2.69. The smallest absolute Gasteiger partial charge is 0.261 e. The van der Waals surface area contributed by atoms with Crippen LogP contribution >= 0.6 is 0 Å². The van der Waals surface area contributed by atoms with E-state index in [1.54, 1.807) is 42.7 Å². The van der Waals surface area contributed by atoms with Crippen molar-refractivity contribution in [1.82, 2.24) is 15.1 Å². The number of para-hydroxylation sites is 1. The zero-order valence-corrected chi connectivity index (χ0v) is 10.5. The van der Waals surface area contributed by atoms with Crippen molar-refractivity contribution in [1.29, 1.82) is 0 Å². The topological polar surface area (TPSA) is 72.0 Å². The van der Waals surface area contributed by atoms with Gasteiger partial charge in [-0.3, -0.25) is 4.98 Å². The third kappa shape index (κ3) is 2.56. The molecule has 1 N–H and O–H groups in total. The van der Waals surface area contributed by atoms with Crippen LogP contribution in [0.1, 0.15) is 11.4 Å². The van der Waals surface area contributed by atoms with E-state index >= 15 is 0 Å². The summed E-state index contributed by atoms with van der Waals surface area (Å²) in [5.41, 5.74) is 1.46. The van der Waals surface area contributed by atoms with Gasteiger partial charge in [0.05, 0.1) is 5.56 Å². The third-order valence-corrected chi connectivity index (χ3v) is 2.69. The lowest BCUT2D eigenvalue weighted by Crippen LogP contribution is -1.79. The van der Waals surface area contributed by atoms with Crippen molar-refractivity contribution in [3.05, 3.63) is 60.2 Å². The first-order valence-corrected chi connectivity index (χ1v) is 6.03. The van der Waals surface area contributed by atoms with E-state index in [4.69, 9.17) is 4.52 Å². The summed E-state index contributed by atoms with van der Waals surface area (Å²) >= 11 is 0. The fraction of sp³-hybridized carbons (Fsp3) is 0. The van der Waals surface area contributed by atoms with Crippen molar-refractivity contribution >= 4 is 12.2 Å². The normalized spacial score (nSPS) is 11.0. The van der Waals surface area contributed by atoms with Crippen molar-refractivity contribution in [3.63, 3.8) is 0 Å². The maximum atomic E-state index is 9.73. The number of hydrogen-bond acceptors (Lipinski definition) is 5. The van der Waals surface area contributed by atoms with Crippen LogP contribution in [-0.4, -0.2) is 20.2 Å². The van der Waals surface area contributed by atoms with E-state index in [0.29, 0.717) is 11.4 Å². The van der Waals surface area contributed by atoms with E-state index in [0.717, 1.165) is 5.56 Å². The summed E-state index contributed by atoms with van der Waals surface area (Å²) in [6.45, 7) is 0. The van der Waals surface area contributed by atoms with Crippen molar-refractivity contribution < 1.29 is 9.63 Å². The number of rotatable bonds is 3. The average molecular weight is 265 g/mol.